The van der Waals surface area contributed by atoms with Gasteiger partial charge in [0.1, 0.15) is 0 Å². The van der Waals surface area contributed by atoms with Crippen LogP contribution in [-0.2, 0) is 17.8 Å². The highest BCUT2D eigenvalue weighted by molar-refractivity contribution is 5.14. The molecule has 1 atom stereocenters. The summed E-state index contributed by atoms with van der Waals surface area (Å²) in [6, 6.07) is 0. The largest absolute Gasteiger partial charge is 0.380 e. The van der Waals surface area contributed by atoms with Gasteiger partial charge in [-0.25, -0.2) is 0 Å². The fourth-order valence-corrected chi connectivity index (χ4v) is 1.35. The lowest BCUT2D eigenvalue weighted by Crippen LogP contribution is -2.15. The summed E-state index contributed by atoms with van der Waals surface area (Å²) in [6.45, 7) is 5.74. The van der Waals surface area contributed by atoms with E-state index in [1.54, 1.807) is 7.11 Å². The summed E-state index contributed by atoms with van der Waals surface area (Å²) >= 11 is 0. The second-order valence-corrected chi connectivity index (χ2v) is 3.54. The quantitative estimate of drug-likeness (QED) is 0.763. The Kier molecular flexibility index (Phi) is 4.10. The molecule has 0 bridgehead atoms. The summed E-state index contributed by atoms with van der Waals surface area (Å²) in [6.07, 6.45) is 2.28. The van der Waals surface area contributed by atoms with Crippen LogP contribution in [0.3, 0.4) is 0 Å². The Morgan fingerprint density at radius 3 is 2.93 bits per heavy atom. The maximum absolute atomic E-state index is 5.19. The van der Waals surface area contributed by atoms with E-state index < -0.39 is 0 Å². The molecule has 1 heterocycles. The smallest absolute Gasteiger partial charge is 0.0739 e. The molecule has 4 nitrogen and oxygen atoms in total. The molecule has 0 amide bonds. The molecule has 0 aliphatic carbocycles. The minimum absolute atomic E-state index is 0.205. The number of aryl methyl sites for hydroxylation is 1. The molecule has 1 unspecified atom stereocenters. The van der Waals surface area contributed by atoms with Crippen LogP contribution in [0.5, 0.6) is 0 Å². The van der Waals surface area contributed by atoms with Gasteiger partial charge in [0.15, 0.2) is 0 Å². The molecule has 80 valence electrons. The molecule has 0 radical (unpaired) electrons. The van der Waals surface area contributed by atoms with Crippen molar-refractivity contribution in [3.05, 3.63) is 17.5 Å². The summed E-state index contributed by atoms with van der Waals surface area (Å²) in [5.41, 5.74) is 2.33. The molecule has 1 rings (SSSR count). The highest BCUT2D eigenvalue weighted by Crippen LogP contribution is 2.06. The molecular formula is C10H19N3O. The van der Waals surface area contributed by atoms with Crippen LogP contribution in [0.2, 0.25) is 0 Å². The molecule has 0 aliphatic rings. The van der Waals surface area contributed by atoms with E-state index in [1.807, 2.05) is 25.6 Å². The Morgan fingerprint density at radius 2 is 2.36 bits per heavy atom. The van der Waals surface area contributed by atoms with Crippen LogP contribution in [0.1, 0.15) is 18.2 Å². The van der Waals surface area contributed by atoms with Gasteiger partial charge < -0.3 is 10.1 Å². The number of methoxy groups -OCH3 is 1. The van der Waals surface area contributed by atoms with Crippen LogP contribution in [0, 0.1) is 6.92 Å². The molecule has 4 heteroatoms. The molecule has 0 spiro atoms. The minimum atomic E-state index is 0.205. The van der Waals surface area contributed by atoms with Crippen molar-refractivity contribution < 1.29 is 4.74 Å². The highest BCUT2D eigenvalue weighted by atomic mass is 16.5. The van der Waals surface area contributed by atoms with Crippen molar-refractivity contribution in [1.29, 1.82) is 0 Å². The molecule has 0 aromatic carbocycles. The van der Waals surface area contributed by atoms with Crippen LogP contribution in [0.15, 0.2) is 6.20 Å². The van der Waals surface area contributed by atoms with Crippen molar-refractivity contribution in [2.45, 2.75) is 33.0 Å². The normalized spacial score (nSPS) is 13.1. The van der Waals surface area contributed by atoms with E-state index in [-0.39, 0.29) is 6.10 Å². The molecule has 1 N–H and O–H groups in total. The van der Waals surface area contributed by atoms with E-state index in [9.17, 15) is 0 Å². The number of hydrogen-bond acceptors (Lipinski definition) is 3. The fourth-order valence-electron chi connectivity index (χ4n) is 1.35. The average molecular weight is 197 g/mol. The third-order valence-electron chi connectivity index (χ3n) is 2.26. The number of rotatable bonds is 5. The molecule has 1 aromatic heterocycles. The van der Waals surface area contributed by atoms with Gasteiger partial charge in [0, 0.05) is 25.4 Å². The van der Waals surface area contributed by atoms with Gasteiger partial charge in [0.05, 0.1) is 18.3 Å². The van der Waals surface area contributed by atoms with E-state index >= 15 is 0 Å². The molecule has 0 fully saturated rings. The van der Waals surface area contributed by atoms with Crippen LogP contribution >= 0.6 is 0 Å². The predicted molar refractivity (Wildman–Crippen MR) is 56.2 cm³/mol. The first-order valence-corrected chi connectivity index (χ1v) is 4.87. The summed E-state index contributed by atoms with van der Waals surface area (Å²) in [7, 11) is 3.66. The Balaban J connectivity index is 2.65. The van der Waals surface area contributed by atoms with Crippen LogP contribution in [0.4, 0.5) is 0 Å². The zero-order chi connectivity index (χ0) is 10.6. The molecule has 0 saturated heterocycles. The van der Waals surface area contributed by atoms with E-state index in [2.05, 4.69) is 16.6 Å². The van der Waals surface area contributed by atoms with E-state index in [1.165, 1.54) is 5.56 Å². The Labute approximate surface area is 85.3 Å². The van der Waals surface area contributed by atoms with E-state index in [0.29, 0.717) is 0 Å². The highest BCUT2D eigenvalue weighted by Gasteiger charge is 2.06. The van der Waals surface area contributed by atoms with Crippen LogP contribution in [0.25, 0.3) is 0 Å². The van der Waals surface area contributed by atoms with Gasteiger partial charge in [-0.1, -0.05) is 0 Å². The first-order valence-electron chi connectivity index (χ1n) is 4.87. The number of hydrogen-bond donors (Lipinski definition) is 1. The predicted octanol–water partition coefficient (Wildman–Crippen LogP) is 0.946. The molecule has 0 saturated carbocycles. The minimum Gasteiger partial charge on any atom is -0.380 e. The average Bonchev–Trinajstić information content (AvgIpc) is 2.47. The van der Waals surface area contributed by atoms with Gasteiger partial charge >= 0.3 is 0 Å². The SMILES string of the molecule is CNCc1cn(CC(C)OC)nc1C. The Hall–Kier alpha value is -0.870. The summed E-state index contributed by atoms with van der Waals surface area (Å²) in [5.74, 6) is 0. The zero-order valence-electron chi connectivity index (χ0n) is 9.37. The second kappa shape index (κ2) is 5.12. The maximum atomic E-state index is 5.19. The number of aromatic nitrogens is 2. The maximum Gasteiger partial charge on any atom is 0.0739 e. The molecule has 0 aliphatic heterocycles. The van der Waals surface area contributed by atoms with E-state index in [0.717, 1.165) is 18.8 Å². The fraction of sp³-hybridized carbons (Fsp3) is 0.700. The number of nitrogens with zero attached hydrogens (tertiary/aromatic N) is 2. The van der Waals surface area contributed by atoms with Gasteiger partial charge in [-0.3, -0.25) is 4.68 Å². The summed E-state index contributed by atoms with van der Waals surface area (Å²) in [5, 5.41) is 7.53. The van der Waals surface area contributed by atoms with E-state index in [4.69, 9.17) is 4.74 Å². The van der Waals surface area contributed by atoms with Crippen LogP contribution < -0.4 is 5.32 Å². The monoisotopic (exact) mass is 197 g/mol. The van der Waals surface area contributed by atoms with Crippen molar-refractivity contribution in [2.75, 3.05) is 14.2 Å². The van der Waals surface area contributed by atoms with Gasteiger partial charge in [-0.2, -0.15) is 5.10 Å². The zero-order valence-corrected chi connectivity index (χ0v) is 9.37. The topological polar surface area (TPSA) is 39.1 Å². The molecule has 14 heavy (non-hydrogen) atoms. The molecule has 1 aromatic rings. The van der Waals surface area contributed by atoms with Crippen molar-refractivity contribution in [3.8, 4) is 0 Å². The van der Waals surface area contributed by atoms with Gasteiger partial charge in [0.25, 0.3) is 0 Å². The van der Waals surface area contributed by atoms with Gasteiger partial charge in [-0.05, 0) is 20.9 Å². The Morgan fingerprint density at radius 1 is 1.64 bits per heavy atom. The van der Waals surface area contributed by atoms with Gasteiger partial charge in [-0.15, -0.1) is 0 Å². The third kappa shape index (κ3) is 2.82. The lowest BCUT2D eigenvalue weighted by atomic mass is 10.3. The third-order valence-corrected chi connectivity index (χ3v) is 2.26. The summed E-state index contributed by atoms with van der Waals surface area (Å²) < 4.78 is 7.13. The lowest BCUT2D eigenvalue weighted by Gasteiger charge is -2.08. The summed E-state index contributed by atoms with van der Waals surface area (Å²) in [4.78, 5) is 0. The standard InChI is InChI=1S/C10H19N3O/c1-8(14-4)6-13-7-10(5-11-3)9(2)12-13/h7-8,11H,5-6H2,1-4H3. The van der Waals surface area contributed by atoms with Crippen LogP contribution in [-0.4, -0.2) is 30.0 Å². The van der Waals surface area contributed by atoms with Gasteiger partial charge in [0.2, 0.25) is 0 Å². The lowest BCUT2D eigenvalue weighted by molar-refractivity contribution is 0.0997. The number of nitrogens with one attached hydrogen (secondary N) is 1. The Bertz CT molecular complexity index is 283. The molecular weight excluding hydrogens is 178 g/mol. The number of ether oxygens (including phenoxy) is 1. The second-order valence-electron chi connectivity index (χ2n) is 3.54. The first-order chi connectivity index (χ1) is 6.67. The van der Waals surface area contributed by atoms with Crippen molar-refractivity contribution in [3.63, 3.8) is 0 Å². The van der Waals surface area contributed by atoms with Crippen molar-refractivity contribution in [2.24, 2.45) is 0 Å². The van der Waals surface area contributed by atoms with Crippen molar-refractivity contribution >= 4 is 0 Å². The first kappa shape index (κ1) is 11.2. The van der Waals surface area contributed by atoms with Crippen molar-refractivity contribution in [1.82, 2.24) is 15.1 Å².